The van der Waals surface area contributed by atoms with Crippen LogP contribution in [-0.4, -0.2) is 40.6 Å². The summed E-state index contributed by atoms with van der Waals surface area (Å²) in [5, 5.41) is 0. The van der Waals surface area contributed by atoms with Crippen LogP contribution < -0.4 is 4.74 Å². The average Bonchev–Trinajstić information content (AvgIpc) is 2.49. The number of fused-ring (bicyclic) bond motifs is 1. The molecule has 0 amide bonds. The third-order valence-electron chi connectivity index (χ3n) is 3.27. The Morgan fingerprint density at radius 3 is 2.28 bits per heavy atom. The minimum atomic E-state index is -4.74. The SMILES string of the molecule is COc1cc2c(cc1S(=O)(=O)F)CCN(C)CC2. The van der Waals surface area contributed by atoms with Crippen LogP contribution in [0.1, 0.15) is 11.1 Å². The molecule has 1 aliphatic rings. The zero-order valence-corrected chi connectivity index (χ0v) is 11.3. The van der Waals surface area contributed by atoms with Crippen LogP contribution in [0.2, 0.25) is 0 Å². The Morgan fingerprint density at radius 1 is 1.22 bits per heavy atom. The van der Waals surface area contributed by atoms with E-state index in [1.807, 2.05) is 7.05 Å². The molecular weight excluding hydrogens is 257 g/mol. The van der Waals surface area contributed by atoms with E-state index < -0.39 is 10.2 Å². The first-order chi connectivity index (χ1) is 8.41. The summed E-state index contributed by atoms with van der Waals surface area (Å²) < 4.78 is 40.4. The molecule has 1 heterocycles. The molecule has 0 saturated carbocycles. The van der Waals surface area contributed by atoms with Gasteiger partial charge in [-0.05, 0) is 43.1 Å². The second-order valence-electron chi connectivity index (χ2n) is 4.51. The summed E-state index contributed by atoms with van der Waals surface area (Å²) in [5.74, 6) is 0.0841. The Kier molecular flexibility index (Phi) is 3.59. The predicted molar refractivity (Wildman–Crippen MR) is 66.2 cm³/mol. The third kappa shape index (κ3) is 2.64. The van der Waals surface area contributed by atoms with Crippen LogP contribution in [0, 0.1) is 0 Å². The van der Waals surface area contributed by atoms with E-state index in [4.69, 9.17) is 4.74 Å². The van der Waals surface area contributed by atoms with E-state index in [1.54, 1.807) is 6.07 Å². The molecular formula is C12H16FNO3S. The number of hydrogen-bond acceptors (Lipinski definition) is 4. The van der Waals surface area contributed by atoms with Gasteiger partial charge in [0.25, 0.3) is 0 Å². The number of methoxy groups -OCH3 is 1. The van der Waals surface area contributed by atoms with E-state index in [-0.39, 0.29) is 10.6 Å². The van der Waals surface area contributed by atoms with Crippen molar-refractivity contribution >= 4 is 10.2 Å². The molecule has 2 rings (SSSR count). The van der Waals surface area contributed by atoms with Gasteiger partial charge in [0.2, 0.25) is 0 Å². The van der Waals surface area contributed by atoms with Crippen molar-refractivity contribution in [2.75, 3.05) is 27.2 Å². The van der Waals surface area contributed by atoms with Crippen LogP contribution in [-0.2, 0) is 23.1 Å². The lowest BCUT2D eigenvalue weighted by Crippen LogP contribution is -2.20. The molecule has 0 radical (unpaired) electrons. The summed E-state index contributed by atoms with van der Waals surface area (Å²) in [5.41, 5.74) is 1.92. The van der Waals surface area contributed by atoms with Crippen LogP contribution >= 0.6 is 0 Å². The van der Waals surface area contributed by atoms with Crippen molar-refractivity contribution in [3.05, 3.63) is 23.3 Å². The summed E-state index contributed by atoms with van der Waals surface area (Å²) in [4.78, 5) is 1.80. The largest absolute Gasteiger partial charge is 0.495 e. The van der Waals surface area contributed by atoms with Crippen molar-refractivity contribution in [2.45, 2.75) is 17.7 Å². The molecule has 1 aromatic rings. The molecule has 1 aliphatic heterocycles. The number of ether oxygens (including phenoxy) is 1. The summed E-state index contributed by atoms with van der Waals surface area (Å²) in [6.07, 6.45) is 1.53. The fourth-order valence-corrected chi connectivity index (χ4v) is 2.86. The van der Waals surface area contributed by atoms with Gasteiger partial charge in [0.1, 0.15) is 10.6 Å². The maximum Gasteiger partial charge on any atom is 0.335 e. The number of hydrogen-bond donors (Lipinski definition) is 0. The Bertz CT molecular complexity index is 557. The monoisotopic (exact) mass is 273 g/mol. The van der Waals surface area contributed by atoms with E-state index in [2.05, 4.69) is 4.90 Å². The summed E-state index contributed by atoms with van der Waals surface area (Å²) in [6, 6.07) is 3.05. The van der Waals surface area contributed by atoms with E-state index in [0.717, 1.165) is 37.1 Å². The Balaban J connectivity index is 2.53. The molecule has 0 aromatic heterocycles. The number of nitrogens with zero attached hydrogens (tertiary/aromatic N) is 1. The number of likely N-dealkylation sites (N-methyl/N-ethyl adjacent to an activating group) is 1. The highest BCUT2D eigenvalue weighted by Crippen LogP contribution is 2.30. The molecule has 0 bridgehead atoms. The van der Waals surface area contributed by atoms with Gasteiger partial charge in [-0.1, -0.05) is 0 Å². The Labute approximate surface area is 107 Å². The fraction of sp³-hybridized carbons (Fsp3) is 0.500. The molecule has 0 aliphatic carbocycles. The van der Waals surface area contributed by atoms with Gasteiger partial charge in [0.05, 0.1) is 7.11 Å². The second kappa shape index (κ2) is 4.85. The number of rotatable bonds is 2. The molecule has 0 saturated heterocycles. The van der Waals surface area contributed by atoms with Crippen molar-refractivity contribution < 1.29 is 17.0 Å². The van der Waals surface area contributed by atoms with Gasteiger partial charge in [0, 0.05) is 13.1 Å². The van der Waals surface area contributed by atoms with Gasteiger partial charge < -0.3 is 9.64 Å². The Morgan fingerprint density at radius 2 is 1.78 bits per heavy atom. The smallest absolute Gasteiger partial charge is 0.335 e. The highest BCUT2D eigenvalue weighted by Gasteiger charge is 2.22. The summed E-state index contributed by atoms with van der Waals surface area (Å²) >= 11 is 0. The van der Waals surface area contributed by atoms with Gasteiger partial charge in [-0.3, -0.25) is 0 Å². The number of halogens is 1. The zero-order valence-electron chi connectivity index (χ0n) is 10.4. The normalized spacial score (nSPS) is 17.1. The van der Waals surface area contributed by atoms with Crippen LogP contribution in [0.4, 0.5) is 3.89 Å². The van der Waals surface area contributed by atoms with E-state index in [0.29, 0.717) is 0 Å². The van der Waals surface area contributed by atoms with Crippen LogP contribution in [0.15, 0.2) is 17.0 Å². The zero-order chi connectivity index (χ0) is 13.3. The fourth-order valence-electron chi connectivity index (χ4n) is 2.19. The topological polar surface area (TPSA) is 46.6 Å². The Hall–Kier alpha value is -1.14. The average molecular weight is 273 g/mol. The maximum absolute atomic E-state index is 13.2. The minimum absolute atomic E-state index is 0.0841. The standard InChI is InChI=1S/C12H16FNO3S/c1-14-5-3-9-7-11(17-2)12(18(13,15)16)8-10(9)4-6-14/h7-8H,3-6H2,1-2H3. The third-order valence-corrected chi connectivity index (χ3v) is 4.12. The summed E-state index contributed by atoms with van der Waals surface area (Å²) in [6.45, 7) is 1.74. The van der Waals surface area contributed by atoms with Gasteiger partial charge in [-0.15, -0.1) is 3.89 Å². The summed E-state index contributed by atoms with van der Waals surface area (Å²) in [7, 11) is -1.39. The molecule has 0 fully saturated rings. The lowest BCUT2D eigenvalue weighted by molar-refractivity contribution is 0.352. The van der Waals surface area contributed by atoms with Crippen LogP contribution in [0.5, 0.6) is 5.75 Å². The molecule has 100 valence electrons. The quantitative estimate of drug-likeness (QED) is 0.764. The van der Waals surface area contributed by atoms with Gasteiger partial charge in [-0.25, -0.2) is 0 Å². The molecule has 0 unspecified atom stereocenters. The maximum atomic E-state index is 13.2. The van der Waals surface area contributed by atoms with Gasteiger partial charge >= 0.3 is 10.2 Å². The molecule has 0 spiro atoms. The first-order valence-corrected chi connectivity index (χ1v) is 7.13. The highest BCUT2D eigenvalue weighted by molar-refractivity contribution is 7.86. The molecule has 4 nitrogen and oxygen atoms in total. The van der Waals surface area contributed by atoms with Crippen molar-refractivity contribution in [1.82, 2.24) is 4.90 Å². The molecule has 6 heteroatoms. The lowest BCUT2D eigenvalue weighted by atomic mass is 10.0. The first kappa shape index (κ1) is 13.3. The van der Waals surface area contributed by atoms with E-state index in [9.17, 15) is 12.3 Å². The van der Waals surface area contributed by atoms with Crippen molar-refractivity contribution in [3.8, 4) is 5.75 Å². The van der Waals surface area contributed by atoms with Crippen molar-refractivity contribution in [2.24, 2.45) is 0 Å². The first-order valence-electron chi connectivity index (χ1n) is 5.75. The second-order valence-corrected chi connectivity index (χ2v) is 5.83. The lowest BCUT2D eigenvalue weighted by Gasteiger charge is -2.11. The van der Waals surface area contributed by atoms with Crippen LogP contribution in [0.25, 0.3) is 0 Å². The molecule has 18 heavy (non-hydrogen) atoms. The van der Waals surface area contributed by atoms with Gasteiger partial charge in [0.15, 0.2) is 0 Å². The molecule has 0 atom stereocenters. The van der Waals surface area contributed by atoms with Crippen molar-refractivity contribution in [3.63, 3.8) is 0 Å². The van der Waals surface area contributed by atoms with Gasteiger partial charge in [-0.2, -0.15) is 8.42 Å². The minimum Gasteiger partial charge on any atom is -0.495 e. The predicted octanol–water partition coefficient (Wildman–Crippen LogP) is 1.38. The highest BCUT2D eigenvalue weighted by atomic mass is 32.3. The molecule has 1 aromatic carbocycles. The molecule has 0 N–H and O–H groups in total. The van der Waals surface area contributed by atoms with E-state index in [1.165, 1.54) is 13.2 Å². The van der Waals surface area contributed by atoms with Crippen molar-refractivity contribution in [1.29, 1.82) is 0 Å². The number of benzene rings is 1. The van der Waals surface area contributed by atoms with E-state index >= 15 is 0 Å². The van der Waals surface area contributed by atoms with Crippen LogP contribution in [0.3, 0.4) is 0 Å².